The Morgan fingerprint density at radius 1 is 1.00 bits per heavy atom. The van der Waals surface area contributed by atoms with E-state index in [1.54, 1.807) is 0 Å². The Morgan fingerprint density at radius 2 is 1.50 bits per heavy atom. The Bertz CT molecular complexity index is 733. The molecule has 0 radical (unpaired) electrons. The lowest BCUT2D eigenvalue weighted by Crippen LogP contribution is -2.62. The highest BCUT2D eigenvalue weighted by Crippen LogP contribution is 2.57. The summed E-state index contributed by atoms with van der Waals surface area (Å²) in [5, 5.41) is 8.97. The van der Waals surface area contributed by atoms with Gasteiger partial charge in [0.1, 0.15) is 0 Å². The fourth-order valence-electron chi connectivity index (χ4n) is 3.35. The molecule has 2 aromatic carbocycles. The Kier molecular flexibility index (Phi) is 4.15. The third kappa shape index (κ3) is 2.39. The van der Waals surface area contributed by atoms with Gasteiger partial charge in [0.05, 0.1) is 23.9 Å². The number of nitrogens with zero attached hydrogens (tertiary/aromatic N) is 2. The summed E-state index contributed by atoms with van der Waals surface area (Å²) in [5.41, 5.74) is 1.40. The SMILES string of the molecule is CC(C#N)CN=C1OC(c2ccccc2)(c2ccccc2)C1(C)C. The monoisotopic (exact) mass is 318 g/mol. The second kappa shape index (κ2) is 6.13. The van der Waals surface area contributed by atoms with Crippen molar-refractivity contribution in [3.63, 3.8) is 0 Å². The predicted octanol–water partition coefficient (Wildman–Crippen LogP) is 4.54. The minimum atomic E-state index is -0.551. The van der Waals surface area contributed by atoms with Crippen LogP contribution in [-0.2, 0) is 10.3 Å². The van der Waals surface area contributed by atoms with Crippen molar-refractivity contribution in [2.24, 2.45) is 16.3 Å². The largest absolute Gasteiger partial charge is 0.463 e. The van der Waals surface area contributed by atoms with E-state index in [4.69, 9.17) is 10.00 Å². The summed E-state index contributed by atoms with van der Waals surface area (Å²) in [6, 6.07) is 22.8. The van der Waals surface area contributed by atoms with Crippen molar-refractivity contribution in [2.75, 3.05) is 6.54 Å². The van der Waals surface area contributed by atoms with Crippen molar-refractivity contribution in [1.82, 2.24) is 0 Å². The molecule has 0 saturated carbocycles. The number of rotatable bonds is 4. The third-order valence-corrected chi connectivity index (χ3v) is 4.75. The molecule has 0 aliphatic carbocycles. The van der Waals surface area contributed by atoms with Crippen LogP contribution in [0.25, 0.3) is 0 Å². The van der Waals surface area contributed by atoms with Crippen molar-refractivity contribution in [3.05, 3.63) is 71.8 Å². The Balaban J connectivity index is 2.05. The van der Waals surface area contributed by atoms with Gasteiger partial charge in [-0.25, -0.2) is 0 Å². The molecule has 3 heteroatoms. The molecule has 2 aromatic rings. The second-order valence-electron chi connectivity index (χ2n) is 6.82. The zero-order valence-electron chi connectivity index (χ0n) is 14.4. The molecule has 1 atom stereocenters. The number of ether oxygens (including phenoxy) is 1. The van der Waals surface area contributed by atoms with E-state index < -0.39 is 5.60 Å². The molecule has 1 fully saturated rings. The average Bonchev–Trinajstić information content (AvgIpc) is 2.62. The highest BCUT2D eigenvalue weighted by Gasteiger charge is 2.63. The number of aliphatic imine (C=N–C) groups is 1. The first kappa shape index (κ1) is 16.3. The number of hydrogen-bond acceptors (Lipinski definition) is 3. The molecule has 0 bridgehead atoms. The second-order valence-corrected chi connectivity index (χ2v) is 6.82. The maximum atomic E-state index is 8.97. The minimum Gasteiger partial charge on any atom is -0.463 e. The van der Waals surface area contributed by atoms with Crippen molar-refractivity contribution in [3.8, 4) is 6.07 Å². The Labute approximate surface area is 143 Å². The third-order valence-electron chi connectivity index (χ3n) is 4.75. The topological polar surface area (TPSA) is 45.4 Å². The zero-order chi connectivity index (χ0) is 17.2. The fraction of sp³-hybridized carbons (Fsp3) is 0.333. The van der Waals surface area contributed by atoms with Crippen LogP contribution in [0.4, 0.5) is 0 Å². The van der Waals surface area contributed by atoms with Crippen LogP contribution in [0, 0.1) is 22.7 Å². The molecule has 1 heterocycles. The van der Waals surface area contributed by atoms with Crippen LogP contribution >= 0.6 is 0 Å². The molecule has 3 rings (SSSR count). The molecule has 0 amide bonds. The number of hydrogen-bond donors (Lipinski definition) is 0. The van der Waals surface area contributed by atoms with Crippen LogP contribution in [-0.4, -0.2) is 12.4 Å². The number of benzene rings is 2. The summed E-state index contributed by atoms with van der Waals surface area (Å²) in [5.74, 6) is 0.609. The molecular formula is C21H22N2O. The highest BCUT2D eigenvalue weighted by molar-refractivity contribution is 5.91. The molecular weight excluding hydrogens is 296 g/mol. The summed E-state index contributed by atoms with van der Waals surface area (Å²) in [4.78, 5) is 4.57. The summed E-state index contributed by atoms with van der Waals surface area (Å²) >= 11 is 0. The van der Waals surface area contributed by atoms with Crippen molar-refractivity contribution in [1.29, 1.82) is 5.26 Å². The van der Waals surface area contributed by atoms with E-state index >= 15 is 0 Å². The molecule has 3 nitrogen and oxygen atoms in total. The minimum absolute atomic E-state index is 0.111. The molecule has 122 valence electrons. The smallest absolute Gasteiger partial charge is 0.195 e. The van der Waals surface area contributed by atoms with Gasteiger partial charge in [-0.15, -0.1) is 0 Å². The highest BCUT2D eigenvalue weighted by atomic mass is 16.5. The van der Waals surface area contributed by atoms with Gasteiger partial charge in [-0.3, -0.25) is 4.99 Å². The fourth-order valence-corrected chi connectivity index (χ4v) is 3.35. The van der Waals surface area contributed by atoms with Gasteiger partial charge >= 0.3 is 0 Å². The predicted molar refractivity (Wildman–Crippen MR) is 95.6 cm³/mol. The summed E-state index contributed by atoms with van der Waals surface area (Å²) in [7, 11) is 0. The zero-order valence-corrected chi connectivity index (χ0v) is 14.4. The van der Waals surface area contributed by atoms with Crippen molar-refractivity contribution >= 4 is 5.90 Å². The molecule has 0 N–H and O–H groups in total. The summed E-state index contributed by atoms with van der Waals surface area (Å²) < 4.78 is 6.35. The molecule has 1 unspecified atom stereocenters. The van der Waals surface area contributed by atoms with Gasteiger partial charge in [-0.1, -0.05) is 60.7 Å². The van der Waals surface area contributed by atoms with Crippen LogP contribution in [0.2, 0.25) is 0 Å². The van der Waals surface area contributed by atoms with E-state index in [0.717, 1.165) is 17.0 Å². The van der Waals surface area contributed by atoms with E-state index in [2.05, 4.69) is 49.2 Å². The van der Waals surface area contributed by atoms with Gasteiger partial charge in [-0.2, -0.15) is 5.26 Å². The average molecular weight is 318 g/mol. The molecule has 1 aliphatic heterocycles. The van der Waals surface area contributed by atoms with Gasteiger partial charge in [0.2, 0.25) is 0 Å². The van der Waals surface area contributed by atoms with Crippen molar-refractivity contribution < 1.29 is 4.74 Å². The summed E-state index contributed by atoms with van der Waals surface area (Å²) in [6.45, 7) is 6.66. The van der Waals surface area contributed by atoms with E-state index in [-0.39, 0.29) is 11.3 Å². The standard InChI is InChI=1S/C21H22N2O/c1-16(14-22)15-23-19-20(2,3)21(24-19,17-10-6-4-7-11-17)18-12-8-5-9-13-18/h4-13,16H,15H2,1-3H3. The first-order valence-corrected chi connectivity index (χ1v) is 8.27. The van der Waals surface area contributed by atoms with Crippen LogP contribution in [0.3, 0.4) is 0 Å². The summed E-state index contributed by atoms with van der Waals surface area (Å²) in [6.07, 6.45) is 0. The normalized spacial score (nSPS) is 20.5. The van der Waals surface area contributed by atoms with Crippen LogP contribution in [0.1, 0.15) is 31.9 Å². The quantitative estimate of drug-likeness (QED) is 0.830. The van der Waals surface area contributed by atoms with Crippen LogP contribution < -0.4 is 0 Å². The lowest BCUT2D eigenvalue weighted by atomic mass is 9.62. The first-order valence-electron chi connectivity index (χ1n) is 8.27. The maximum Gasteiger partial charge on any atom is 0.195 e. The molecule has 0 spiro atoms. The van der Waals surface area contributed by atoms with E-state index in [1.165, 1.54) is 0 Å². The lowest BCUT2D eigenvalue weighted by Gasteiger charge is -2.56. The van der Waals surface area contributed by atoms with Crippen LogP contribution in [0.15, 0.2) is 65.7 Å². The van der Waals surface area contributed by atoms with Crippen LogP contribution in [0.5, 0.6) is 0 Å². The van der Waals surface area contributed by atoms with Crippen molar-refractivity contribution in [2.45, 2.75) is 26.4 Å². The maximum absolute atomic E-state index is 8.97. The van der Waals surface area contributed by atoms with Gasteiger partial charge < -0.3 is 4.74 Å². The Hall–Kier alpha value is -2.60. The van der Waals surface area contributed by atoms with Gasteiger partial charge in [0.25, 0.3) is 0 Å². The lowest BCUT2D eigenvalue weighted by molar-refractivity contribution is -0.0813. The van der Waals surface area contributed by atoms with E-state index in [9.17, 15) is 0 Å². The molecule has 24 heavy (non-hydrogen) atoms. The molecule has 1 saturated heterocycles. The van der Waals surface area contributed by atoms with Gasteiger partial charge in [-0.05, 0) is 20.8 Å². The van der Waals surface area contributed by atoms with E-state index in [1.807, 2.05) is 43.3 Å². The van der Waals surface area contributed by atoms with Gasteiger partial charge in [0, 0.05) is 11.1 Å². The van der Waals surface area contributed by atoms with E-state index in [0.29, 0.717) is 6.54 Å². The Morgan fingerprint density at radius 3 is 1.92 bits per heavy atom. The molecule has 0 aromatic heterocycles. The number of nitriles is 1. The first-order chi connectivity index (χ1) is 11.5. The van der Waals surface area contributed by atoms with Gasteiger partial charge in [0.15, 0.2) is 11.5 Å². The molecule has 1 aliphatic rings.